The summed E-state index contributed by atoms with van der Waals surface area (Å²) in [5.41, 5.74) is 0. The molecule has 0 amide bonds. The van der Waals surface area contributed by atoms with Gasteiger partial charge in [-0.15, -0.1) is 0 Å². The molecule has 0 aliphatic heterocycles. The SMILES string of the molecule is [B]C(C)(CC)C[C@H](C)CC. The van der Waals surface area contributed by atoms with Crippen molar-refractivity contribution < 1.29 is 0 Å². The van der Waals surface area contributed by atoms with E-state index in [0.29, 0.717) is 0 Å². The largest absolute Gasteiger partial charge is 0.0742 e. The monoisotopic (exact) mass is 138 g/mol. The van der Waals surface area contributed by atoms with Gasteiger partial charge in [-0.3, -0.25) is 0 Å². The van der Waals surface area contributed by atoms with E-state index in [1.54, 1.807) is 0 Å². The lowest BCUT2D eigenvalue weighted by molar-refractivity contribution is 0.414. The summed E-state index contributed by atoms with van der Waals surface area (Å²) in [4.78, 5) is 0. The molecule has 1 unspecified atom stereocenters. The molecule has 0 fully saturated rings. The van der Waals surface area contributed by atoms with E-state index < -0.39 is 0 Å². The summed E-state index contributed by atoms with van der Waals surface area (Å²) in [7, 11) is 5.99. The fourth-order valence-corrected chi connectivity index (χ4v) is 1.08. The molecule has 0 saturated carbocycles. The van der Waals surface area contributed by atoms with Crippen molar-refractivity contribution in [2.75, 3.05) is 0 Å². The fourth-order valence-electron chi connectivity index (χ4n) is 1.08. The van der Waals surface area contributed by atoms with Crippen molar-refractivity contribution >= 4 is 7.85 Å². The van der Waals surface area contributed by atoms with Crippen molar-refractivity contribution in [1.29, 1.82) is 0 Å². The Labute approximate surface area is 66.8 Å². The molecule has 10 heavy (non-hydrogen) atoms. The first-order chi connectivity index (χ1) is 4.52. The van der Waals surface area contributed by atoms with Crippen LogP contribution in [0.4, 0.5) is 0 Å². The normalized spacial score (nSPS) is 20.0. The molecule has 2 atom stereocenters. The van der Waals surface area contributed by atoms with Gasteiger partial charge in [0.1, 0.15) is 0 Å². The summed E-state index contributed by atoms with van der Waals surface area (Å²) < 4.78 is 0. The molecule has 0 rings (SSSR count). The van der Waals surface area contributed by atoms with Crippen LogP contribution >= 0.6 is 0 Å². The van der Waals surface area contributed by atoms with Crippen LogP contribution in [-0.4, -0.2) is 7.85 Å². The van der Waals surface area contributed by atoms with E-state index >= 15 is 0 Å². The maximum Gasteiger partial charge on any atom is 0.0742 e. The van der Waals surface area contributed by atoms with Gasteiger partial charge in [-0.2, -0.15) is 0 Å². The lowest BCUT2D eigenvalue weighted by atomic mass is 9.64. The van der Waals surface area contributed by atoms with Crippen molar-refractivity contribution in [3.8, 4) is 0 Å². The van der Waals surface area contributed by atoms with Crippen LogP contribution in [0.1, 0.15) is 47.0 Å². The van der Waals surface area contributed by atoms with Crippen LogP contribution in [-0.2, 0) is 0 Å². The smallest absolute Gasteiger partial charge is 0.0688 e. The van der Waals surface area contributed by atoms with Gasteiger partial charge in [-0.1, -0.05) is 52.3 Å². The lowest BCUT2D eigenvalue weighted by Gasteiger charge is -2.26. The van der Waals surface area contributed by atoms with Crippen molar-refractivity contribution in [3.05, 3.63) is 0 Å². The third-order valence-corrected chi connectivity index (χ3v) is 2.32. The first-order valence-corrected chi connectivity index (χ1v) is 4.30. The van der Waals surface area contributed by atoms with Crippen LogP contribution in [0.2, 0.25) is 5.31 Å². The fraction of sp³-hybridized carbons (Fsp3) is 1.00. The van der Waals surface area contributed by atoms with Gasteiger partial charge in [-0.25, -0.2) is 0 Å². The molecule has 2 radical (unpaired) electrons. The third kappa shape index (κ3) is 3.97. The third-order valence-electron chi connectivity index (χ3n) is 2.32. The molecule has 1 heteroatoms. The molecule has 0 bridgehead atoms. The predicted molar refractivity (Wildman–Crippen MR) is 48.5 cm³/mol. The Morgan fingerprint density at radius 2 is 1.90 bits per heavy atom. The molecule has 0 heterocycles. The molecular formula is C9H19B. The second-order valence-electron chi connectivity index (χ2n) is 3.73. The average molecular weight is 138 g/mol. The molecule has 0 spiro atoms. The van der Waals surface area contributed by atoms with E-state index in [1.165, 1.54) is 6.42 Å². The summed E-state index contributed by atoms with van der Waals surface area (Å²) >= 11 is 0. The highest BCUT2D eigenvalue weighted by molar-refractivity contribution is 6.14. The molecule has 0 N–H and O–H groups in total. The zero-order chi connectivity index (χ0) is 8.20. The maximum absolute atomic E-state index is 5.99. The number of hydrogen-bond acceptors (Lipinski definition) is 0. The zero-order valence-corrected chi connectivity index (χ0v) is 7.78. The molecule has 0 aromatic carbocycles. The molecule has 0 aliphatic rings. The summed E-state index contributed by atoms with van der Waals surface area (Å²) in [6, 6.07) is 0. The Kier molecular flexibility index (Phi) is 4.08. The van der Waals surface area contributed by atoms with Gasteiger partial charge < -0.3 is 0 Å². The van der Waals surface area contributed by atoms with Crippen LogP contribution < -0.4 is 0 Å². The molecule has 0 aromatic rings. The van der Waals surface area contributed by atoms with Gasteiger partial charge in [0.15, 0.2) is 0 Å². The van der Waals surface area contributed by atoms with Gasteiger partial charge in [-0.05, 0) is 5.92 Å². The Hall–Kier alpha value is 0.0649. The molecule has 58 valence electrons. The highest BCUT2D eigenvalue weighted by Gasteiger charge is 2.16. The van der Waals surface area contributed by atoms with Crippen LogP contribution in [0.3, 0.4) is 0 Å². The average Bonchev–Trinajstić information content (AvgIpc) is 1.87. The summed E-state index contributed by atoms with van der Waals surface area (Å²) in [6.45, 7) is 8.78. The van der Waals surface area contributed by atoms with E-state index in [2.05, 4.69) is 27.7 Å². The zero-order valence-electron chi connectivity index (χ0n) is 7.78. The van der Waals surface area contributed by atoms with Crippen LogP contribution in [0.5, 0.6) is 0 Å². The Bertz CT molecular complexity index is 86.7. The molecule has 0 nitrogen and oxygen atoms in total. The topological polar surface area (TPSA) is 0 Å². The first kappa shape index (κ1) is 10.1. The number of hydrogen-bond donors (Lipinski definition) is 0. The first-order valence-electron chi connectivity index (χ1n) is 4.30. The van der Waals surface area contributed by atoms with E-state index in [9.17, 15) is 0 Å². The van der Waals surface area contributed by atoms with Crippen LogP contribution in [0, 0.1) is 5.92 Å². The van der Waals surface area contributed by atoms with Gasteiger partial charge in [0.2, 0.25) is 0 Å². The van der Waals surface area contributed by atoms with Crippen molar-refractivity contribution in [2.24, 2.45) is 5.92 Å². The molecule has 0 saturated heterocycles. The summed E-state index contributed by atoms with van der Waals surface area (Å²) in [5.74, 6) is 0.773. The quantitative estimate of drug-likeness (QED) is 0.523. The minimum Gasteiger partial charge on any atom is -0.0688 e. The van der Waals surface area contributed by atoms with Crippen molar-refractivity contribution in [2.45, 2.75) is 52.3 Å². The standard InChI is InChI=1S/C9H19B/c1-5-8(3)7-9(4,10)6-2/h8H,5-7H2,1-4H3/t8-,9?/m1/s1. The highest BCUT2D eigenvalue weighted by Crippen LogP contribution is 2.33. The molecular weight excluding hydrogens is 119 g/mol. The summed E-state index contributed by atoms with van der Waals surface area (Å²) in [6.07, 6.45) is 3.48. The lowest BCUT2D eigenvalue weighted by Crippen LogP contribution is -2.10. The van der Waals surface area contributed by atoms with Gasteiger partial charge in [0.05, 0.1) is 7.85 Å². The highest BCUT2D eigenvalue weighted by atomic mass is 14.2. The van der Waals surface area contributed by atoms with Gasteiger partial charge in [0, 0.05) is 0 Å². The van der Waals surface area contributed by atoms with E-state index in [1.807, 2.05) is 0 Å². The maximum atomic E-state index is 5.99. The van der Waals surface area contributed by atoms with Gasteiger partial charge >= 0.3 is 0 Å². The second-order valence-corrected chi connectivity index (χ2v) is 3.73. The minimum absolute atomic E-state index is 0.0649. The van der Waals surface area contributed by atoms with Crippen LogP contribution in [0.15, 0.2) is 0 Å². The Morgan fingerprint density at radius 3 is 2.20 bits per heavy atom. The predicted octanol–water partition coefficient (Wildman–Crippen LogP) is 3.18. The van der Waals surface area contributed by atoms with E-state index in [4.69, 9.17) is 7.85 Å². The van der Waals surface area contributed by atoms with E-state index in [0.717, 1.165) is 18.8 Å². The van der Waals surface area contributed by atoms with Crippen molar-refractivity contribution in [1.82, 2.24) is 0 Å². The Balaban J connectivity index is 3.64. The Morgan fingerprint density at radius 1 is 1.40 bits per heavy atom. The van der Waals surface area contributed by atoms with Crippen LogP contribution in [0.25, 0.3) is 0 Å². The van der Waals surface area contributed by atoms with Gasteiger partial charge in [0.25, 0.3) is 0 Å². The van der Waals surface area contributed by atoms with Crippen molar-refractivity contribution in [3.63, 3.8) is 0 Å². The number of rotatable bonds is 4. The second kappa shape index (κ2) is 4.05. The molecule has 0 aromatic heterocycles. The minimum atomic E-state index is 0.0649. The van der Waals surface area contributed by atoms with E-state index in [-0.39, 0.29) is 5.31 Å². The molecule has 0 aliphatic carbocycles. The summed E-state index contributed by atoms with van der Waals surface area (Å²) in [5, 5.41) is 0.0649.